The van der Waals surface area contributed by atoms with Gasteiger partial charge < -0.3 is 18.8 Å². The molecular formula is C28H27NO4S. The summed E-state index contributed by atoms with van der Waals surface area (Å²) in [6.45, 7) is 1.29. The van der Waals surface area contributed by atoms with E-state index in [1.807, 2.05) is 91.0 Å². The van der Waals surface area contributed by atoms with Crippen molar-refractivity contribution < 1.29 is 18.7 Å². The molecule has 0 fully saturated rings. The molecule has 0 atom stereocenters. The fourth-order valence-corrected chi connectivity index (χ4v) is 4.28. The van der Waals surface area contributed by atoms with Crippen molar-refractivity contribution in [2.24, 2.45) is 0 Å². The first kappa shape index (κ1) is 23.5. The minimum Gasteiger partial charge on any atom is -0.493 e. The van der Waals surface area contributed by atoms with Gasteiger partial charge in [0.25, 0.3) is 0 Å². The molecule has 3 aromatic carbocycles. The van der Waals surface area contributed by atoms with Crippen LogP contribution in [0, 0.1) is 0 Å². The second-order valence-corrected chi connectivity index (χ2v) is 8.74. The van der Waals surface area contributed by atoms with Crippen molar-refractivity contribution in [3.63, 3.8) is 0 Å². The monoisotopic (exact) mass is 473 g/mol. The first-order valence-electron chi connectivity index (χ1n) is 11.0. The molecule has 6 heteroatoms. The Morgan fingerprint density at radius 3 is 2.32 bits per heavy atom. The highest BCUT2D eigenvalue weighted by molar-refractivity contribution is 8.00. The predicted octanol–water partition coefficient (Wildman–Crippen LogP) is 6.19. The van der Waals surface area contributed by atoms with Crippen molar-refractivity contribution in [2.45, 2.75) is 24.6 Å². The Balaban J connectivity index is 1.45. The number of furan rings is 1. The van der Waals surface area contributed by atoms with Gasteiger partial charge in [-0.15, -0.1) is 11.8 Å². The van der Waals surface area contributed by atoms with Crippen LogP contribution in [-0.2, 0) is 24.5 Å². The van der Waals surface area contributed by atoms with Gasteiger partial charge in [0.05, 0.1) is 25.7 Å². The summed E-state index contributed by atoms with van der Waals surface area (Å²) in [5.74, 6) is 2.43. The van der Waals surface area contributed by atoms with Crippen molar-refractivity contribution in [3.8, 4) is 11.5 Å². The summed E-state index contributed by atoms with van der Waals surface area (Å²) in [6, 6.07) is 29.4. The Kier molecular flexibility index (Phi) is 8.30. The lowest BCUT2D eigenvalue weighted by Crippen LogP contribution is -2.31. The zero-order valence-electron chi connectivity index (χ0n) is 19.1. The standard InChI is InChI=1S/C28H27NO4S/c1-31-27-17-23(14-15-26(27)33-20-22-9-4-2-5-10-22)18-29(19-24-11-8-16-32-24)28(30)21-34-25-12-6-3-7-13-25/h2-17H,18-21H2,1H3. The molecule has 1 amide bonds. The molecule has 0 radical (unpaired) electrons. The number of carbonyl (C=O) groups is 1. The van der Waals surface area contributed by atoms with Gasteiger partial charge in [-0.1, -0.05) is 54.6 Å². The van der Waals surface area contributed by atoms with Gasteiger partial charge in [-0.2, -0.15) is 0 Å². The normalized spacial score (nSPS) is 10.6. The SMILES string of the molecule is COc1cc(CN(Cc2ccco2)C(=O)CSc2ccccc2)ccc1OCc1ccccc1. The van der Waals surface area contributed by atoms with Crippen LogP contribution in [0.5, 0.6) is 11.5 Å². The molecule has 0 saturated carbocycles. The van der Waals surface area contributed by atoms with E-state index in [0.29, 0.717) is 36.9 Å². The van der Waals surface area contributed by atoms with Crippen molar-refractivity contribution in [2.75, 3.05) is 12.9 Å². The average molecular weight is 474 g/mol. The quantitative estimate of drug-likeness (QED) is 0.243. The minimum absolute atomic E-state index is 0.0358. The van der Waals surface area contributed by atoms with Crippen LogP contribution in [-0.4, -0.2) is 23.7 Å². The van der Waals surface area contributed by atoms with E-state index in [1.165, 1.54) is 11.8 Å². The summed E-state index contributed by atoms with van der Waals surface area (Å²) in [4.78, 5) is 16.0. The number of amides is 1. The third-order valence-corrected chi connectivity index (χ3v) is 6.22. The highest BCUT2D eigenvalue weighted by Crippen LogP contribution is 2.30. The smallest absolute Gasteiger partial charge is 0.233 e. The van der Waals surface area contributed by atoms with Gasteiger partial charge in [0.15, 0.2) is 11.5 Å². The molecule has 0 N–H and O–H groups in total. The van der Waals surface area contributed by atoms with E-state index in [1.54, 1.807) is 18.3 Å². The molecule has 5 nitrogen and oxygen atoms in total. The number of ether oxygens (including phenoxy) is 2. The first-order valence-corrected chi connectivity index (χ1v) is 12.0. The number of rotatable bonds is 11. The molecule has 174 valence electrons. The highest BCUT2D eigenvalue weighted by atomic mass is 32.2. The summed E-state index contributed by atoms with van der Waals surface area (Å²) in [5.41, 5.74) is 2.04. The van der Waals surface area contributed by atoms with Gasteiger partial charge in [0, 0.05) is 11.4 Å². The van der Waals surface area contributed by atoms with Gasteiger partial charge >= 0.3 is 0 Å². The average Bonchev–Trinajstić information content (AvgIpc) is 3.40. The molecule has 1 aromatic heterocycles. The molecule has 1 heterocycles. The van der Waals surface area contributed by atoms with Crippen LogP contribution in [0.25, 0.3) is 0 Å². The van der Waals surface area contributed by atoms with E-state index in [4.69, 9.17) is 13.9 Å². The van der Waals surface area contributed by atoms with Gasteiger partial charge in [0.1, 0.15) is 12.4 Å². The summed E-state index contributed by atoms with van der Waals surface area (Å²) in [6.07, 6.45) is 1.62. The molecule has 0 unspecified atom stereocenters. The number of thioether (sulfide) groups is 1. The predicted molar refractivity (Wildman–Crippen MR) is 134 cm³/mol. The third-order valence-electron chi connectivity index (χ3n) is 5.22. The lowest BCUT2D eigenvalue weighted by Gasteiger charge is -2.22. The molecular weight excluding hydrogens is 446 g/mol. The Morgan fingerprint density at radius 2 is 1.62 bits per heavy atom. The highest BCUT2D eigenvalue weighted by Gasteiger charge is 2.18. The lowest BCUT2D eigenvalue weighted by molar-refractivity contribution is -0.129. The fourth-order valence-electron chi connectivity index (χ4n) is 3.46. The molecule has 0 saturated heterocycles. The minimum atomic E-state index is 0.0358. The third kappa shape index (κ3) is 6.68. The molecule has 4 aromatic rings. The van der Waals surface area contributed by atoms with Crippen LogP contribution in [0.3, 0.4) is 0 Å². The van der Waals surface area contributed by atoms with Crippen LogP contribution in [0.2, 0.25) is 0 Å². The topological polar surface area (TPSA) is 51.9 Å². The van der Waals surface area contributed by atoms with E-state index in [0.717, 1.165) is 21.8 Å². The number of benzene rings is 3. The molecule has 0 aliphatic rings. The maximum atomic E-state index is 13.1. The van der Waals surface area contributed by atoms with E-state index in [2.05, 4.69) is 0 Å². The van der Waals surface area contributed by atoms with E-state index in [-0.39, 0.29) is 5.91 Å². The molecule has 0 aliphatic heterocycles. The summed E-state index contributed by atoms with van der Waals surface area (Å²) in [5, 5.41) is 0. The lowest BCUT2D eigenvalue weighted by atomic mass is 10.1. The van der Waals surface area contributed by atoms with Crippen LogP contribution >= 0.6 is 11.8 Å². The van der Waals surface area contributed by atoms with Crippen molar-refractivity contribution in [1.82, 2.24) is 4.90 Å². The number of hydrogen-bond donors (Lipinski definition) is 0. The van der Waals surface area contributed by atoms with E-state index >= 15 is 0 Å². The number of hydrogen-bond acceptors (Lipinski definition) is 5. The van der Waals surface area contributed by atoms with Crippen LogP contribution in [0.4, 0.5) is 0 Å². The largest absolute Gasteiger partial charge is 0.493 e. The first-order chi connectivity index (χ1) is 16.7. The fraction of sp³-hybridized carbons (Fsp3) is 0.179. The van der Waals surface area contributed by atoms with Crippen LogP contribution < -0.4 is 9.47 Å². The van der Waals surface area contributed by atoms with Crippen molar-refractivity contribution >= 4 is 17.7 Å². The van der Waals surface area contributed by atoms with Crippen LogP contribution in [0.1, 0.15) is 16.9 Å². The maximum absolute atomic E-state index is 13.1. The summed E-state index contributed by atoms with van der Waals surface area (Å²) < 4.78 is 17.1. The van der Waals surface area contributed by atoms with Crippen molar-refractivity contribution in [3.05, 3.63) is 114 Å². The molecule has 34 heavy (non-hydrogen) atoms. The number of methoxy groups -OCH3 is 1. The molecule has 4 rings (SSSR count). The zero-order chi connectivity index (χ0) is 23.6. The second kappa shape index (κ2) is 12.0. The Hall–Kier alpha value is -3.64. The van der Waals surface area contributed by atoms with Gasteiger partial charge in [-0.25, -0.2) is 0 Å². The van der Waals surface area contributed by atoms with Gasteiger partial charge in [-0.3, -0.25) is 4.79 Å². The molecule has 0 aliphatic carbocycles. The van der Waals surface area contributed by atoms with Crippen molar-refractivity contribution in [1.29, 1.82) is 0 Å². The molecule has 0 bridgehead atoms. The number of carbonyl (C=O) groups excluding carboxylic acids is 1. The maximum Gasteiger partial charge on any atom is 0.233 e. The number of nitrogens with zero attached hydrogens (tertiary/aromatic N) is 1. The Labute approximate surface area is 204 Å². The summed E-state index contributed by atoms with van der Waals surface area (Å²) in [7, 11) is 1.62. The molecule has 0 spiro atoms. The van der Waals surface area contributed by atoms with Gasteiger partial charge in [0.2, 0.25) is 5.91 Å². The Morgan fingerprint density at radius 1 is 0.853 bits per heavy atom. The second-order valence-electron chi connectivity index (χ2n) is 7.69. The van der Waals surface area contributed by atoms with Crippen LogP contribution in [0.15, 0.2) is 107 Å². The van der Waals surface area contributed by atoms with Gasteiger partial charge in [-0.05, 0) is 47.5 Å². The Bertz CT molecular complexity index is 1160. The van der Waals surface area contributed by atoms with E-state index < -0.39 is 0 Å². The summed E-state index contributed by atoms with van der Waals surface area (Å²) >= 11 is 1.53. The zero-order valence-corrected chi connectivity index (χ0v) is 19.9. The van der Waals surface area contributed by atoms with E-state index in [9.17, 15) is 4.79 Å².